The van der Waals surface area contributed by atoms with Crippen molar-refractivity contribution in [3.8, 4) is 0 Å². The highest BCUT2D eigenvalue weighted by atomic mass is 32.2. The average molecular weight is 552 g/mol. The standard InChI is InChI=1S/C19H21N9O5S3/c20-17-21-10(5-34-17)11(25-33-9-3-1-2-4-9)13(29)22-12-14(30)28-6-19(16(31)32,7-35-15(12)28)8-36-18-23-26-27-24-18/h1,3,5,9,12,15H,2,4,6-8H2,(H2,20,21)(H,22,29)(H,31,32)(H,23,24,26,27)/t9?,12?,15-,19?/m1/s1. The summed E-state index contributed by atoms with van der Waals surface area (Å²) in [5.74, 6) is -1.58. The summed E-state index contributed by atoms with van der Waals surface area (Å²) in [7, 11) is 0. The molecule has 36 heavy (non-hydrogen) atoms. The number of H-pyrrole nitrogens is 1. The normalized spacial score (nSPS) is 27.4. The molecule has 3 unspecified atom stereocenters. The van der Waals surface area contributed by atoms with E-state index >= 15 is 0 Å². The van der Waals surface area contributed by atoms with Crippen LogP contribution in [0.25, 0.3) is 0 Å². The number of hydrogen-bond acceptors (Lipinski definition) is 13. The van der Waals surface area contributed by atoms with Crippen LogP contribution in [0.3, 0.4) is 0 Å². The smallest absolute Gasteiger partial charge is 0.313 e. The number of carbonyl (C=O) groups is 3. The molecule has 2 fully saturated rings. The van der Waals surface area contributed by atoms with Crippen molar-refractivity contribution in [3.05, 3.63) is 23.2 Å². The van der Waals surface area contributed by atoms with Crippen molar-refractivity contribution >= 4 is 63.5 Å². The van der Waals surface area contributed by atoms with Crippen LogP contribution in [0.4, 0.5) is 5.13 Å². The number of carboxylic acid groups (broad SMARTS) is 1. The number of tetrazole rings is 1. The Kier molecular flexibility index (Phi) is 6.85. The molecule has 2 saturated heterocycles. The lowest BCUT2D eigenvalue weighted by Gasteiger charge is -2.53. The van der Waals surface area contributed by atoms with Crippen LogP contribution in [-0.4, -0.2) is 94.7 Å². The fourth-order valence-corrected chi connectivity index (χ4v) is 7.10. The Labute approximate surface area is 216 Å². The quantitative estimate of drug-likeness (QED) is 0.106. The van der Waals surface area contributed by atoms with E-state index in [-0.39, 0.29) is 46.6 Å². The van der Waals surface area contributed by atoms with Crippen molar-refractivity contribution in [3.63, 3.8) is 0 Å². The summed E-state index contributed by atoms with van der Waals surface area (Å²) in [6.45, 7) is 0.0143. The van der Waals surface area contributed by atoms with Crippen LogP contribution in [0.5, 0.6) is 0 Å². The molecule has 0 aromatic carbocycles. The summed E-state index contributed by atoms with van der Waals surface area (Å²) in [5.41, 5.74) is 4.72. The maximum absolute atomic E-state index is 13.1. The minimum absolute atomic E-state index is 0.0143. The highest BCUT2D eigenvalue weighted by molar-refractivity contribution is 8.00. The first-order chi connectivity index (χ1) is 17.4. The monoisotopic (exact) mass is 551 g/mol. The van der Waals surface area contributed by atoms with Gasteiger partial charge in [-0.25, -0.2) is 10.1 Å². The first-order valence-corrected chi connectivity index (χ1v) is 13.7. The van der Waals surface area contributed by atoms with E-state index in [1.165, 1.54) is 28.4 Å². The number of oxime groups is 1. The molecule has 1 aliphatic carbocycles. The van der Waals surface area contributed by atoms with E-state index in [9.17, 15) is 19.5 Å². The molecule has 0 spiro atoms. The molecule has 14 nitrogen and oxygen atoms in total. The molecule has 2 aliphatic heterocycles. The molecule has 4 heterocycles. The maximum Gasteiger partial charge on any atom is 0.313 e. The number of aromatic amines is 1. The molecule has 17 heteroatoms. The van der Waals surface area contributed by atoms with Gasteiger partial charge in [0.2, 0.25) is 11.1 Å². The SMILES string of the molecule is Nc1nc(C(=NOC2C=CCC2)C(=O)NC2C(=O)N3CC(CSc4nnn[nH]4)(C(=O)O)CS[C@H]23)cs1. The number of nitrogens with zero attached hydrogens (tertiary/aromatic N) is 6. The van der Waals surface area contributed by atoms with E-state index in [1.807, 2.05) is 12.2 Å². The molecule has 0 radical (unpaired) electrons. The minimum atomic E-state index is -1.18. The fraction of sp³-hybridized carbons (Fsp3) is 0.474. The van der Waals surface area contributed by atoms with Crippen molar-refractivity contribution in [1.29, 1.82) is 0 Å². The Hall–Kier alpha value is -3.18. The number of nitrogen functional groups attached to an aromatic ring is 1. The van der Waals surface area contributed by atoms with Gasteiger partial charge in [0.1, 0.15) is 28.6 Å². The van der Waals surface area contributed by atoms with Crippen LogP contribution in [0.15, 0.2) is 27.8 Å². The van der Waals surface area contributed by atoms with Crippen molar-refractivity contribution in [2.75, 3.05) is 23.8 Å². The van der Waals surface area contributed by atoms with Gasteiger partial charge in [0.25, 0.3) is 5.91 Å². The highest BCUT2D eigenvalue weighted by Gasteiger charge is 2.57. The molecule has 2 aromatic rings. The Morgan fingerprint density at radius 2 is 2.33 bits per heavy atom. The molecule has 3 aliphatic rings. The first kappa shape index (κ1) is 24.5. The number of amides is 2. The highest BCUT2D eigenvalue weighted by Crippen LogP contribution is 2.44. The van der Waals surface area contributed by atoms with Crippen LogP contribution in [0, 0.1) is 5.41 Å². The number of hydrogen-bond donors (Lipinski definition) is 4. The number of anilines is 1. The summed E-state index contributed by atoms with van der Waals surface area (Å²) in [6, 6.07) is -0.826. The van der Waals surface area contributed by atoms with Crippen LogP contribution in [0.2, 0.25) is 0 Å². The molecule has 2 amide bonds. The third-order valence-corrected chi connectivity index (χ3v) is 9.33. The van der Waals surface area contributed by atoms with Gasteiger partial charge in [-0.3, -0.25) is 14.4 Å². The molecule has 2 aromatic heterocycles. The number of rotatable bonds is 9. The summed E-state index contributed by atoms with van der Waals surface area (Å²) in [4.78, 5) is 49.4. The minimum Gasteiger partial charge on any atom is -0.481 e. The Morgan fingerprint density at radius 3 is 3.00 bits per heavy atom. The molecule has 5 rings (SSSR count). The molecule has 5 N–H and O–H groups in total. The summed E-state index contributed by atoms with van der Waals surface area (Å²) >= 11 is 3.64. The van der Waals surface area contributed by atoms with Crippen LogP contribution in [-0.2, 0) is 19.2 Å². The lowest BCUT2D eigenvalue weighted by Crippen LogP contribution is -2.74. The Bertz CT molecular complexity index is 1220. The number of aliphatic carboxylic acids is 1. The zero-order valence-corrected chi connectivity index (χ0v) is 21.0. The topological polar surface area (TPSA) is 202 Å². The number of allylic oxidation sites excluding steroid dienone is 1. The van der Waals surface area contributed by atoms with Crippen LogP contribution >= 0.6 is 34.9 Å². The zero-order chi connectivity index (χ0) is 25.3. The van der Waals surface area contributed by atoms with E-state index < -0.39 is 28.7 Å². The van der Waals surface area contributed by atoms with Gasteiger partial charge in [0.05, 0.1) is 0 Å². The number of carboxylic acids is 1. The van der Waals surface area contributed by atoms with Gasteiger partial charge in [0.15, 0.2) is 10.8 Å². The molecular formula is C19H21N9O5S3. The van der Waals surface area contributed by atoms with Gasteiger partial charge < -0.3 is 25.9 Å². The van der Waals surface area contributed by atoms with Crippen molar-refractivity contribution < 1.29 is 24.3 Å². The number of fused-ring (bicyclic) bond motifs is 1. The third-order valence-electron chi connectivity index (χ3n) is 5.92. The number of nitrogens with two attached hydrogens (primary N) is 1. The van der Waals surface area contributed by atoms with E-state index in [2.05, 4.69) is 36.1 Å². The number of thioether (sulfide) groups is 2. The maximum atomic E-state index is 13.1. The molecule has 0 bridgehead atoms. The summed E-state index contributed by atoms with van der Waals surface area (Å²) in [6.07, 6.45) is 5.21. The lowest BCUT2D eigenvalue weighted by atomic mass is 9.89. The number of aromatic nitrogens is 5. The summed E-state index contributed by atoms with van der Waals surface area (Å²) in [5, 5.41) is 31.9. The van der Waals surface area contributed by atoms with E-state index in [4.69, 9.17) is 10.6 Å². The summed E-state index contributed by atoms with van der Waals surface area (Å²) < 4.78 is 0. The first-order valence-electron chi connectivity index (χ1n) is 10.8. The predicted molar refractivity (Wildman–Crippen MR) is 131 cm³/mol. The number of nitrogens with one attached hydrogen (secondary N) is 2. The third kappa shape index (κ3) is 4.77. The van der Waals surface area contributed by atoms with Gasteiger partial charge in [-0.2, -0.15) is 0 Å². The Balaban J connectivity index is 1.26. The number of thiazole rings is 1. The van der Waals surface area contributed by atoms with Crippen molar-refractivity contribution in [1.82, 2.24) is 35.8 Å². The molecule has 4 atom stereocenters. The second-order valence-corrected chi connectivity index (χ2v) is 11.3. The van der Waals surface area contributed by atoms with Crippen molar-refractivity contribution in [2.24, 2.45) is 10.6 Å². The number of β-lactam (4-membered cyclic amide) rings is 1. The van der Waals surface area contributed by atoms with Crippen molar-refractivity contribution in [2.45, 2.75) is 35.5 Å². The van der Waals surface area contributed by atoms with E-state index in [0.717, 1.165) is 24.2 Å². The van der Waals surface area contributed by atoms with Gasteiger partial charge in [-0.15, -0.1) is 28.2 Å². The van der Waals surface area contributed by atoms with Crippen LogP contribution < -0.4 is 11.1 Å². The number of carbonyl (C=O) groups excluding carboxylic acids is 2. The average Bonchev–Trinajstić information content (AvgIpc) is 3.65. The van der Waals surface area contributed by atoms with Gasteiger partial charge in [-0.1, -0.05) is 23.0 Å². The second-order valence-electron chi connectivity index (χ2n) is 8.36. The zero-order valence-electron chi connectivity index (χ0n) is 18.6. The Morgan fingerprint density at radius 1 is 1.47 bits per heavy atom. The van der Waals surface area contributed by atoms with E-state index in [0.29, 0.717) is 5.16 Å². The second kappa shape index (κ2) is 10.1. The fourth-order valence-electron chi connectivity index (χ4n) is 3.95. The van der Waals surface area contributed by atoms with Gasteiger partial charge in [-0.05, 0) is 29.3 Å². The van der Waals surface area contributed by atoms with E-state index in [1.54, 1.807) is 5.38 Å². The van der Waals surface area contributed by atoms with Gasteiger partial charge >= 0.3 is 5.97 Å². The molecular weight excluding hydrogens is 530 g/mol. The lowest BCUT2D eigenvalue weighted by molar-refractivity contribution is -0.157. The van der Waals surface area contributed by atoms with Gasteiger partial charge in [0, 0.05) is 23.4 Å². The molecule has 190 valence electrons. The largest absolute Gasteiger partial charge is 0.481 e. The molecule has 0 saturated carbocycles. The predicted octanol–water partition coefficient (Wildman–Crippen LogP) is -0.0591. The van der Waals surface area contributed by atoms with Crippen LogP contribution in [0.1, 0.15) is 18.5 Å².